The first-order valence-corrected chi connectivity index (χ1v) is 5.06. The second-order valence-electron chi connectivity index (χ2n) is 3.86. The lowest BCUT2D eigenvalue weighted by atomic mass is 9.77. The topological polar surface area (TPSA) is 48.1 Å². The number of hydrogen-bond acceptors (Lipinski definition) is 3. The van der Waals surface area contributed by atoms with Crippen molar-refractivity contribution in [2.75, 3.05) is 19.8 Å². The molecule has 1 saturated heterocycles. The maximum Gasteiger partial charge on any atom is 0.0564 e. The Morgan fingerprint density at radius 2 is 2.21 bits per heavy atom. The van der Waals surface area contributed by atoms with E-state index in [9.17, 15) is 0 Å². The molecular weight excluding hydrogens is 176 g/mol. The molecule has 1 aromatic rings. The van der Waals surface area contributed by atoms with Crippen molar-refractivity contribution in [1.29, 1.82) is 0 Å². The van der Waals surface area contributed by atoms with Crippen LogP contribution in [-0.2, 0) is 10.2 Å². The fourth-order valence-corrected chi connectivity index (χ4v) is 2.16. The molecule has 0 spiro atoms. The Hall–Kier alpha value is -0.930. The molecule has 1 fully saturated rings. The number of nitrogens with zero attached hydrogens (tertiary/aromatic N) is 1. The van der Waals surface area contributed by atoms with Crippen molar-refractivity contribution < 1.29 is 4.74 Å². The van der Waals surface area contributed by atoms with E-state index in [4.69, 9.17) is 10.5 Å². The lowest BCUT2D eigenvalue weighted by molar-refractivity contribution is 0.175. The second kappa shape index (κ2) is 4.07. The summed E-state index contributed by atoms with van der Waals surface area (Å²) in [7, 11) is 0. The van der Waals surface area contributed by atoms with Crippen LogP contribution in [0.25, 0.3) is 0 Å². The van der Waals surface area contributed by atoms with Crippen LogP contribution in [-0.4, -0.2) is 24.7 Å². The molecule has 0 aromatic carbocycles. The van der Waals surface area contributed by atoms with Crippen molar-refractivity contribution >= 4 is 0 Å². The molecular formula is C11H16N2O. The van der Waals surface area contributed by atoms with Crippen LogP contribution in [0.4, 0.5) is 0 Å². The van der Waals surface area contributed by atoms with Gasteiger partial charge in [-0.25, -0.2) is 0 Å². The Morgan fingerprint density at radius 1 is 1.43 bits per heavy atom. The van der Waals surface area contributed by atoms with E-state index < -0.39 is 0 Å². The minimum atomic E-state index is 0.150. The lowest BCUT2D eigenvalue weighted by Gasteiger charge is -2.27. The summed E-state index contributed by atoms with van der Waals surface area (Å²) in [6.45, 7) is 2.36. The SMILES string of the molecule is NCCC1(c2ccncc2)CCOC1. The Labute approximate surface area is 84.3 Å². The number of nitrogens with two attached hydrogens (primary N) is 1. The summed E-state index contributed by atoms with van der Waals surface area (Å²) in [6.07, 6.45) is 5.75. The predicted molar refractivity (Wildman–Crippen MR) is 55.0 cm³/mol. The van der Waals surface area contributed by atoms with Crippen molar-refractivity contribution in [3.05, 3.63) is 30.1 Å². The Bertz CT molecular complexity index is 281. The van der Waals surface area contributed by atoms with Crippen LogP contribution in [0.5, 0.6) is 0 Å². The standard InChI is InChI=1S/C11H16N2O/c12-5-3-11(4-8-14-9-11)10-1-6-13-7-2-10/h1-2,6-7H,3-5,8-9,12H2. The molecule has 2 heterocycles. The zero-order valence-corrected chi connectivity index (χ0v) is 8.28. The molecule has 2 N–H and O–H groups in total. The maximum absolute atomic E-state index is 5.66. The zero-order valence-electron chi connectivity index (χ0n) is 8.28. The molecule has 2 rings (SSSR count). The number of pyridine rings is 1. The molecule has 1 aliphatic heterocycles. The number of hydrogen-bond donors (Lipinski definition) is 1. The molecule has 14 heavy (non-hydrogen) atoms. The normalized spacial score (nSPS) is 26.6. The highest BCUT2D eigenvalue weighted by atomic mass is 16.5. The predicted octanol–water partition coefficient (Wildman–Crippen LogP) is 1.09. The quantitative estimate of drug-likeness (QED) is 0.779. The van der Waals surface area contributed by atoms with Crippen molar-refractivity contribution in [2.45, 2.75) is 18.3 Å². The molecule has 1 aromatic heterocycles. The fraction of sp³-hybridized carbons (Fsp3) is 0.545. The highest BCUT2D eigenvalue weighted by Gasteiger charge is 2.35. The summed E-state index contributed by atoms with van der Waals surface area (Å²) in [5.41, 5.74) is 7.13. The van der Waals surface area contributed by atoms with E-state index in [0.717, 1.165) is 26.1 Å². The van der Waals surface area contributed by atoms with Crippen LogP contribution in [0.1, 0.15) is 18.4 Å². The minimum absolute atomic E-state index is 0.150. The number of rotatable bonds is 3. The highest BCUT2D eigenvalue weighted by molar-refractivity contribution is 5.24. The van der Waals surface area contributed by atoms with Crippen LogP contribution >= 0.6 is 0 Å². The van der Waals surface area contributed by atoms with Crippen LogP contribution in [0, 0.1) is 0 Å². The molecule has 3 heteroatoms. The summed E-state index contributed by atoms with van der Waals surface area (Å²) >= 11 is 0. The van der Waals surface area contributed by atoms with Crippen LogP contribution in [0.3, 0.4) is 0 Å². The van der Waals surface area contributed by atoms with Gasteiger partial charge < -0.3 is 10.5 Å². The van der Waals surface area contributed by atoms with Gasteiger partial charge in [-0.3, -0.25) is 4.98 Å². The second-order valence-corrected chi connectivity index (χ2v) is 3.86. The van der Waals surface area contributed by atoms with Gasteiger partial charge in [-0.1, -0.05) is 0 Å². The first-order chi connectivity index (χ1) is 6.87. The Morgan fingerprint density at radius 3 is 2.79 bits per heavy atom. The zero-order chi connectivity index (χ0) is 9.86. The number of ether oxygens (including phenoxy) is 1. The van der Waals surface area contributed by atoms with Gasteiger partial charge >= 0.3 is 0 Å². The van der Waals surface area contributed by atoms with Gasteiger partial charge in [0.1, 0.15) is 0 Å². The molecule has 0 aliphatic carbocycles. The van der Waals surface area contributed by atoms with E-state index in [1.165, 1.54) is 5.56 Å². The summed E-state index contributed by atoms with van der Waals surface area (Å²) in [5, 5.41) is 0. The Kier molecular flexibility index (Phi) is 2.79. The van der Waals surface area contributed by atoms with Crippen molar-refractivity contribution in [2.24, 2.45) is 5.73 Å². The van der Waals surface area contributed by atoms with Gasteiger partial charge in [0.15, 0.2) is 0 Å². The number of aromatic nitrogens is 1. The molecule has 1 atom stereocenters. The molecule has 76 valence electrons. The third-order valence-electron chi connectivity index (χ3n) is 3.02. The first-order valence-electron chi connectivity index (χ1n) is 5.06. The first kappa shape index (κ1) is 9.62. The van der Waals surface area contributed by atoms with Crippen molar-refractivity contribution in [1.82, 2.24) is 4.98 Å². The van der Waals surface area contributed by atoms with Gasteiger partial charge in [0.05, 0.1) is 6.61 Å². The maximum atomic E-state index is 5.66. The average Bonchev–Trinajstić information content (AvgIpc) is 2.70. The molecule has 1 aliphatic rings. The van der Waals surface area contributed by atoms with E-state index in [1.54, 1.807) is 0 Å². The van der Waals surface area contributed by atoms with E-state index in [-0.39, 0.29) is 5.41 Å². The smallest absolute Gasteiger partial charge is 0.0564 e. The van der Waals surface area contributed by atoms with Gasteiger partial charge in [-0.05, 0) is 37.1 Å². The van der Waals surface area contributed by atoms with Gasteiger partial charge in [0.25, 0.3) is 0 Å². The summed E-state index contributed by atoms with van der Waals surface area (Å²) < 4.78 is 5.49. The third kappa shape index (κ3) is 1.65. The minimum Gasteiger partial charge on any atom is -0.380 e. The molecule has 0 bridgehead atoms. The molecule has 0 saturated carbocycles. The van der Waals surface area contributed by atoms with Crippen LogP contribution < -0.4 is 5.73 Å². The fourth-order valence-electron chi connectivity index (χ4n) is 2.16. The average molecular weight is 192 g/mol. The monoisotopic (exact) mass is 192 g/mol. The molecule has 1 unspecified atom stereocenters. The van der Waals surface area contributed by atoms with Crippen molar-refractivity contribution in [3.8, 4) is 0 Å². The summed E-state index contributed by atoms with van der Waals surface area (Å²) in [6, 6.07) is 4.15. The van der Waals surface area contributed by atoms with Gasteiger partial charge in [0, 0.05) is 24.4 Å². The largest absolute Gasteiger partial charge is 0.380 e. The molecule has 3 nitrogen and oxygen atoms in total. The van der Waals surface area contributed by atoms with Crippen LogP contribution in [0.15, 0.2) is 24.5 Å². The lowest BCUT2D eigenvalue weighted by Crippen LogP contribution is -2.29. The van der Waals surface area contributed by atoms with Crippen LogP contribution in [0.2, 0.25) is 0 Å². The third-order valence-corrected chi connectivity index (χ3v) is 3.02. The summed E-state index contributed by atoms with van der Waals surface area (Å²) in [5.74, 6) is 0. The van der Waals surface area contributed by atoms with E-state index in [2.05, 4.69) is 17.1 Å². The van der Waals surface area contributed by atoms with Gasteiger partial charge in [-0.2, -0.15) is 0 Å². The van der Waals surface area contributed by atoms with Crippen molar-refractivity contribution in [3.63, 3.8) is 0 Å². The van der Waals surface area contributed by atoms with Gasteiger partial charge in [-0.15, -0.1) is 0 Å². The van der Waals surface area contributed by atoms with Gasteiger partial charge in [0.2, 0.25) is 0 Å². The molecule has 0 amide bonds. The van der Waals surface area contributed by atoms with E-state index in [0.29, 0.717) is 6.54 Å². The van der Waals surface area contributed by atoms with E-state index >= 15 is 0 Å². The Balaban J connectivity index is 2.27. The highest BCUT2D eigenvalue weighted by Crippen LogP contribution is 2.35. The van der Waals surface area contributed by atoms with E-state index in [1.807, 2.05) is 12.4 Å². The molecule has 0 radical (unpaired) electrons. The summed E-state index contributed by atoms with van der Waals surface area (Å²) in [4.78, 5) is 4.04.